The van der Waals surface area contributed by atoms with Crippen molar-refractivity contribution in [2.45, 2.75) is 59.0 Å². The molecule has 2 fully saturated rings. The van der Waals surface area contributed by atoms with Crippen LogP contribution in [0.25, 0.3) is 16.9 Å². The van der Waals surface area contributed by atoms with Crippen molar-refractivity contribution in [2.24, 2.45) is 5.92 Å². The lowest BCUT2D eigenvalue weighted by atomic mass is 9.96. The van der Waals surface area contributed by atoms with Gasteiger partial charge in [0.15, 0.2) is 17.1 Å². The minimum absolute atomic E-state index is 0.0358. The molecule has 0 radical (unpaired) electrons. The molecule has 1 aliphatic carbocycles. The Morgan fingerprint density at radius 3 is 2.49 bits per heavy atom. The summed E-state index contributed by atoms with van der Waals surface area (Å²) in [5, 5.41) is 13.1. The summed E-state index contributed by atoms with van der Waals surface area (Å²) in [5.74, 6) is 1.83. The van der Waals surface area contributed by atoms with Crippen molar-refractivity contribution in [3.05, 3.63) is 70.8 Å². The van der Waals surface area contributed by atoms with Gasteiger partial charge >= 0.3 is 0 Å². The Kier molecular flexibility index (Phi) is 5.89. The van der Waals surface area contributed by atoms with E-state index in [1.807, 2.05) is 42.3 Å². The summed E-state index contributed by atoms with van der Waals surface area (Å²) in [6.45, 7) is 9.77. The van der Waals surface area contributed by atoms with Crippen molar-refractivity contribution < 1.29 is 9.53 Å². The summed E-state index contributed by atoms with van der Waals surface area (Å²) < 4.78 is 8.37. The Hall–Kier alpha value is -3.81. The maximum Gasteiger partial charge on any atom is 0.274 e. The Morgan fingerprint density at radius 2 is 1.78 bits per heavy atom. The molecule has 3 aromatic heterocycles. The second kappa shape index (κ2) is 9.25. The average Bonchev–Trinajstić information content (AvgIpc) is 3.50. The second-order valence-corrected chi connectivity index (χ2v) is 10.7. The van der Waals surface area contributed by atoms with E-state index < -0.39 is 0 Å². The third-order valence-corrected chi connectivity index (χ3v) is 7.65. The Morgan fingerprint density at radius 1 is 1.00 bits per heavy atom. The summed E-state index contributed by atoms with van der Waals surface area (Å²) in [6, 6.07) is 14.2. The van der Waals surface area contributed by atoms with Crippen LogP contribution in [0.1, 0.15) is 65.2 Å². The molecule has 0 N–H and O–H groups in total. The number of amides is 1. The van der Waals surface area contributed by atoms with E-state index in [2.05, 4.69) is 46.5 Å². The zero-order valence-electron chi connectivity index (χ0n) is 21.8. The van der Waals surface area contributed by atoms with Gasteiger partial charge in [-0.3, -0.25) is 4.79 Å². The van der Waals surface area contributed by atoms with Crippen LogP contribution in [0.4, 0.5) is 0 Å². The van der Waals surface area contributed by atoms with E-state index in [1.54, 1.807) is 6.07 Å². The molecule has 1 aliphatic heterocycles. The zero-order chi connectivity index (χ0) is 25.7. The topological polar surface area (TPSA) is 85.5 Å². The monoisotopic (exact) mass is 496 g/mol. The quantitative estimate of drug-likeness (QED) is 0.390. The first-order valence-electron chi connectivity index (χ1n) is 13.1. The van der Waals surface area contributed by atoms with E-state index in [4.69, 9.17) is 9.72 Å². The third-order valence-electron chi connectivity index (χ3n) is 7.65. The molecule has 37 heavy (non-hydrogen) atoms. The number of aryl methyl sites for hydroxylation is 3. The van der Waals surface area contributed by atoms with Crippen LogP contribution in [0.15, 0.2) is 42.5 Å². The number of aromatic nitrogens is 5. The molecule has 2 atom stereocenters. The van der Waals surface area contributed by atoms with Gasteiger partial charge in [0.2, 0.25) is 0 Å². The maximum atomic E-state index is 12.5. The molecule has 6 rings (SSSR count). The summed E-state index contributed by atoms with van der Waals surface area (Å²) in [7, 11) is 0. The summed E-state index contributed by atoms with van der Waals surface area (Å²) in [6.07, 6.45) is 3.23. The first kappa shape index (κ1) is 23.6. The molecule has 2 aliphatic rings. The molecule has 1 unspecified atom stereocenters. The summed E-state index contributed by atoms with van der Waals surface area (Å²) in [4.78, 5) is 19.0. The Labute approximate surface area is 216 Å². The van der Waals surface area contributed by atoms with Crippen molar-refractivity contribution >= 4 is 11.6 Å². The number of ether oxygens (including phenoxy) is 1. The van der Waals surface area contributed by atoms with Gasteiger partial charge in [0.25, 0.3) is 5.91 Å². The lowest BCUT2D eigenvalue weighted by Gasteiger charge is -2.36. The maximum absolute atomic E-state index is 12.5. The molecule has 8 nitrogen and oxygen atoms in total. The number of nitrogens with zero attached hydrogens (tertiary/aromatic N) is 6. The SMILES string of the molecule is Cc1cc2nc(C)c(O[C@@H]3CCC(c4ccc(-c5ccc(C(=O)N6CC(C)C6)nn5)cc4)C3)c(C)n2n1. The molecule has 8 heteroatoms. The van der Waals surface area contributed by atoms with Gasteiger partial charge in [-0.05, 0) is 69.6 Å². The highest BCUT2D eigenvalue weighted by Crippen LogP contribution is 2.38. The predicted molar refractivity (Wildman–Crippen MR) is 141 cm³/mol. The molecule has 190 valence electrons. The number of carbonyl (C=O) groups is 1. The normalized spacial score (nSPS) is 19.8. The van der Waals surface area contributed by atoms with Crippen LogP contribution < -0.4 is 4.74 Å². The van der Waals surface area contributed by atoms with Crippen molar-refractivity contribution in [1.82, 2.24) is 29.7 Å². The van der Waals surface area contributed by atoms with Gasteiger partial charge in [-0.15, -0.1) is 10.2 Å². The molecular weight excluding hydrogens is 464 g/mol. The van der Waals surface area contributed by atoms with E-state index in [0.29, 0.717) is 17.5 Å². The van der Waals surface area contributed by atoms with Crippen LogP contribution in [-0.4, -0.2) is 54.8 Å². The number of hydrogen-bond donors (Lipinski definition) is 0. The fraction of sp³-hybridized carbons (Fsp3) is 0.414. The zero-order valence-corrected chi connectivity index (χ0v) is 21.8. The molecule has 1 amide bonds. The van der Waals surface area contributed by atoms with Crippen molar-refractivity contribution in [3.63, 3.8) is 0 Å². The summed E-state index contributed by atoms with van der Waals surface area (Å²) in [5.41, 5.74) is 7.21. The molecule has 1 saturated heterocycles. The number of carbonyl (C=O) groups excluding carboxylic acids is 1. The number of benzene rings is 1. The van der Waals surface area contributed by atoms with E-state index in [1.165, 1.54) is 5.56 Å². The Balaban J connectivity index is 1.11. The number of likely N-dealkylation sites (tertiary alicyclic amines) is 1. The standard InChI is InChI=1S/C29H32N6O2/c1-17-15-34(16-17)29(36)26-12-11-25(31-32-26)22-7-5-21(6-8-22)23-9-10-24(14-23)37-28-19(3)30-27-13-18(2)33-35(27)20(28)4/h5-8,11-13,17,23-24H,9-10,14-16H2,1-4H3/t23?,24-/m1/s1. The van der Waals surface area contributed by atoms with Gasteiger partial charge in [0.1, 0.15) is 0 Å². The van der Waals surface area contributed by atoms with E-state index in [-0.39, 0.29) is 12.0 Å². The highest BCUT2D eigenvalue weighted by Gasteiger charge is 2.30. The van der Waals surface area contributed by atoms with Gasteiger partial charge in [-0.25, -0.2) is 9.50 Å². The molecular formula is C29H32N6O2. The largest absolute Gasteiger partial charge is 0.487 e. The first-order valence-corrected chi connectivity index (χ1v) is 13.1. The number of hydrogen-bond acceptors (Lipinski definition) is 6. The van der Waals surface area contributed by atoms with Crippen LogP contribution in [0.5, 0.6) is 5.75 Å². The molecule has 0 spiro atoms. The third kappa shape index (κ3) is 4.45. The fourth-order valence-corrected chi connectivity index (χ4v) is 5.63. The van der Waals surface area contributed by atoms with Gasteiger partial charge in [0.05, 0.1) is 28.9 Å². The predicted octanol–water partition coefficient (Wildman–Crippen LogP) is 4.92. The van der Waals surface area contributed by atoms with E-state index in [9.17, 15) is 4.79 Å². The van der Waals surface area contributed by atoms with Gasteiger partial charge < -0.3 is 9.64 Å². The van der Waals surface area contributed by atoms with Crippen LogP contribution >= 0.6 is 0 Å². The van der Waals surface area contributed by atoms with Crippen molar-refractivity contribution in [1.29, 1.82) is 0 Å². The molecule has 1 aromatic carbocycles. The highest BCUT2D eigenvalue weighted by atomic mass is 16.5. The van der Waals surface area contributed by atoms with Crippen LogP contribution in [-0.2, 0) is 0 Å². The minimum atomic E-state index is -0.0358. The first-order chi connectivity index (χ1) is 17.9. The number of rotatable bonds is 5. The Bertz CT molecular complexity index is 1450. The number of fused-ring (bicyclic) bond motifs is 1. The van der Waals surface area contributed by atoms with Crippen molar-refractivity contribution in [3.8, 4) is 17.0 Å². The van der Waals surface area contributed by atoms with Gasteiger partial charge in [-0.1, -0.05) is 31.2 Å². The van der Waals surface area contributed by atoms with Gasteiger partial charge in [0, 0.05) is 24.7 Å². The molecule has 1 saturated carbocycles. The fourth-order valence-electron chi connectivity index (χ4n) is 5.63. The van der Waals surface area contributed by atoms with Gasteiger partial charge in [-0.2, -0.15) is 5.10 Å². The smallest absolute Gasteiger partial charge is 0.274 e. The lowest BCUT2D eigenvalue weighted by molar-refractivity contribution is 0.0523. The molecule has 4 aromatic rings. The van der Waals surface area contributed by atoms with Crippen LogP contribution in [0.2, 0.25) is 0 Å². The second-order valence-electron chi connectivity index (χ2n) is 10.7. The minimum Gasteiger partial charge on any atom is -0.487 e. The molecule has 4 heterocycles. The molecule has 0 bridgehead atoms. The van der Waals surface area contributed by atoms with E-state index in [0.717, 1.165) is 72.1 Å². The van der Waals surface area contributed by atoms with Crippen LogP contribution in [0, 0.1) is 26.7 Å². The highest BCUT2D eigenvalue weighted by molar-refractivity contribution is 5.92. The summed E-state index contributed by atoms with van der Waals surface area (Å²) >= 11 is 0. The van der Waals surface area contributed by atoms with Crippen LogP contribution in [0.3, 0.4) is 0 Å². The van der Waals surface area contributed by atoms with E-state index >= 15 is 0 Å². The lowest BCUT2D eigenvalue weighted by Crippen LogP contribution is -2.48. The van der Waals surface area contributed by atoms with Crippen molar-refractivity contribution in [2.75, 3.05) is 13.1 Å². The average molecular weight is 497 g/mol.